The van der Waals surface area contributed by atoms with Gasteiger partial charge in [-0.3, -0.25) is 24.5 Å². The van der Waals surface area contributed by atoms with Crippen LogP contribution in [0.4, 0.5) is 17.1 Å². The number of amides is 3. The van der Waals surface area contributed by atoms with Crippen LogP contribution < -0.4 is 9.80 Å². The number of fused-ring (bicyclic) bond motifs is 2. The fourth-order valence-corrected chi connectivity index (χ4v) is 10.2. The lowest BCUT2D eigenvalue weighted by atomic mass is 9.82. The molecule has 4 atom stereocenters. The van der Waals surface area contributed by atoms with E-state index in [0.717, 1.165) is 16.8 Å². The smallest absolute Gasteiger partial charge is 0.269 e. The number of benzene rings is 3. The first-order chi connectivity index (χ1) is 22.8. The fourth-order valence-electron chi connectivity index (χ4n) is 7.65. The Labute approximate surface area is 279 Å². The molecule has 3 heterocycles. The molecule has 0 radical (unpaired) electrons. The topological polar surface area (TPSA) is 154 Å². The van der Waals surface area contributed by atoms with E-state index in [1.807, 2.05) is 61.5 Å². The van der Waals surface area contributed by atoms with Gasteiger partial charge < -0.3 is 29.3 Å². The Hall–Kier alpha value is -4.43. The van der Waals surface area contributed by atoms with E-state index in [1.165, 1.54) is 17.0 Å². The number of hydrogen-bond donors (Lipinski definition) is 2. The van der Waals surface area contributed by atoms with Crippen LogP contribution in [0, 0.1) is 16.0 Å². The average Bonchev–Trinajstić information content (AvgIpc) is 3.46. The van der Waals surface area contributed by atoms with E-state index in [2.05, 4.69) is 0 Å². The zero-order chi connectivity index (χ0) is 34.4. The molecule has 3 aromatic rings. The van der Waals surface area contributed by atoms with Gasteiger partial charge in [-0.15, -0.1) is 0 Å². The number of anilines is 2. The summed E-state index contributed by atoms with van der Waals surface area (Å²) < 4.78 is 6.75. The van der Waals surface area contributed by atoms with Crippen molar-refractivity contribution in [2.75, 3.05) is 29.5 Å². The Morgan fingerprint density at radius 2 is 1.81 bits per heavy atom. The highest BCUT2D eigenvalue weighted by Gasteiger charge is 2.66. The number of carbonyl (C=O) groups excluding carboxylic acids is 3. The highest BCUT2D eigenvalue weighted by molar-refractivity contribution is 6.71. The summed E-state index contributed by atoms with van der Waals surface area (Å²) in [4.78, 5) is 68.6. The number of aliphatic hydroxyl groups excluding tert-OH is 1. The molecule has 6 rings (SSSR count). The second-order valence-electron chi connectivity index (χ2n) is 13.4. The number of nitrogens with zero attached hydrogens (tertiary/aromatic N) is 4. The Bertz CT molecular complexity index is 1750. The van der Waals surface area contributed by atoms with Crippen LogP contribution in [0.2, 0.25) is 18.6 Å². The lowest BCUT2D eigenvalue weighted by Crippen LogP contribution is -2.46. The van der Waals surface area contributed by atoms with Crippen LogP contribution in [0.1, 0.15) is 36.5 Å². The van der Waals surface area contributed by atoms with Gasteiger partial charge in [-0.05, 0) is 42.4 Å². The number of ether oxygens (including phenoxy) is 1. The van der Waals surface area contributed by atoms with Gasteiger partial charge in [0.1, 0.15) is 0 Å². The van der Waals surface area contributed by atoms with Crippen molar-refractivity contribution >= 4 is 43.1 Å². The van der Waals surface area contributed by atoms with Crippen molar-refractivity contribution in [3.05, 3.63) is 99.6 Å². The number of nitro groups is 1. The van der Waals surface area contributed by atoms with Crippen LogP contribution in [-0.4, -0.2) is 71.6 Å². The minimum absolute atomic E-state index is 0.0259. The maximum Gasteiger partial charge on any atom is 0.269 e. The zero-order valence-electron chi connectivity index (χ0n) is 27.2. The monoisotopic (exact) mass is 672 g/mol. The van der Waals surface area contributed by atoms with E-state index in [1.54, 1.807) is 29.0 Å². The molecule has 48 heavy (non-hydrogen) atoms. The molecule has 252 valence electrons. The molecule has 0 aromatic heterocycles. The number of nitro benzene ring substituents is 1. The van der Waals surface area contributed by atoms with Gasteiger partial charge in [0, 0.05) is 60.9 Å². The molecule has 3 aliphatic rings. The van der Waals surface area contributed by atoms with E-state index in [9.17, 15) is 34.4 Å². The van der Waals surface area contributed by atoms with E-state index in [4.69, 9.17) is 4.74 Å². The third-order valence-corrected chi connectivity index (χ3v) is 12.4. The van der Waals surface area contributed by atoms with Gasteiger partial charge >= 0.3 is 0 Å². The molecule has 3 amide bonds. The van der Waals surface area contributed by atoms with Gasteiger partial charge in [0.05, 0.1) is 36.3 Å². The van der Waals surface area contributed by atoms with Crippen molar-refractivity contribution in [1.29, 1.82) is 0 Å². The van der Waals surface area contributed by atoms with Crippen LogP contribution in [-0.2, 0) is 37.8 Å². The molecule has 3 aliphatic heterocycles. The molecular weight excluding hydrogens is 632 g/mol. The number of hydrogen-bond acceptors (Lipinski definition) is 8. The number of aliphatic hydroxyl groups is 1. The quantitative estimate of drug-likeness (QED) is 0.134. The van der Waals surface area contributed by atoms with Crippen molar-refractivity contribution in [2.24, 2.45) is 5.92 Å². The SMILES string of the molecule is C[C@@H]1[C@@H]([Si](C)(C)O)[C@H](CC(=O)N(CCO)Cc2ccccc2)O[C@@]12C(=O)N(Cc1cccc(N3CCC3=O)c1)c1ccc([N+](=O)[O-])cc12. The lowest BCUT2D eigenvalue weighted by molar-refractivity contribution is -0.385. The van der Waals surface area contributed by atoms with Crippen LogP contribution in [0.15, 0.2) is 72.8 Å². The van der Waals surface area contributed by atoms with Crippen molar-refractivity contribution in [3.63, 3.8) is 0 Å². The van der Waals surface area contributed by atoms with Crippen molar-refractivity contribution in [3.8, 4) is 0 Å². The molecule has 3 aromatic carbocycles. The summed E-state index contributed by atoms with van der Waals surface area (Å²) in [6, 6.07) is 21.0. The first-order valence-electron chi connectivity index (χ1n) is 16.2. The van der Waals surface area contributed by atoms with Crippen molar-refractivity contribution in [2.45, 2.75) is 63.2 Å². The summed E-state index contributed by atoms with van der Waals surface area (Å²) in [5.41, 5.74) is 0.694. The van der Waals surface area contributed by atoms with Gasteiger partial charge in [0.2, 0.25) is 11.8 Å². The first-order valence-corrected chi connectivity index (χ1v) is 19.2. The molecule has 0 unspecified atom stereocenters. The van der Waals surface area contributed by atoms with Crippen LogP contribution in [0.5, 0.6) is 0 Å². The van der Waals surface area contributed by atoms with E-state index >= 15 is 0 Å². The molecule has 12 nitrogen and oxygen atoms in total. The third-order valence-electron chi connectivity index (χ3n) is 9.91. The normalized spacial score (nSPS) is 23.4. The van der Waals surface area contributed by atoms with Crippen molar-refractivity contribution < 1.29 is 33.9 Å². The van der Waals surface area contributed by atoms with Gasteiger partial charge in [0.15, 0.2) is 13.9 Å². The average molecular weight is 673 g/mol. The number of non-ortho nitro benzene ring substituents is 1. The maximum atomic E-state index is 14.8. The second kappa shape index (κ2) is 12.9. The van der Waals surface area contributed by atoms with Crippen LogP contribution in [0.3, 0.4) is 0 Å². The highest BCUT2D eigenvalue weighted by Crippen LogP contribution is 2.60. The second-order valence-corrected chi connectivity index (χ2v) is 17.4. The summed E-state index contributed by atoms with van der Waals surface area (Å²) in [5, 5.41) is 21.7. The third kappa shape index (κ3) is 5.91. The number of carbonyl (C=O) groups is 3. The number of β-lactam (4-membered cyclic amide) rings is 1. The first kappa shape index (κ1) is 33.5. The summed E-state index contributed by atoms with van der Waals surface area (Å²) in [6.07, 6.45) is -0.532. The predicted octanol–water partition coefficient (Wildman–Crippen LogP) is 4.09. The minimum atomic E-state index is -3.13. The van der Waals surface area contributed by atoms with Crippen LogP contribution >= 0.6 is 0 Å². The number of rotatable bonds is 11. The van der Waals surface area contributed by atoms with E-state index in [0.29, 0.717) is 24.2 Å². The largest absolute Gasteiger partial charge is 0.432 e. The molecule has 2 N–H and O–H groups in total. The molecule has 2 saturated heterocycles. The summed E-state index contributed by atoms with van der Waals surface area (Å²) in [7, 11) is -3.13. The summed E-state index contributed by atoms with van der Waals surface area (Å²) in [5.74, 6) is -1.33. The van der Waals surface area contributed by atoms with Gasteiger partial charge in [-0.25, -0.2) is 0 Å². The van der Waals surface area contributed by atoms with Gasteiger partial charge in [-0.1, -0.05) is 49.4 Å². The van der Waals surface area contributed by atoms with Crippen molar-refractivity contribution in [1.82, 2.24) is 4.90 Å². The molecule has 13 heteroatoms. The van der Waals surface area contributed by atoms with E-state index < -0.39 is 42.3 Å². The molecular formula is C35H40N4O8Si. The Morgan fingerprint density at radius 1 is 1.08 bits per heavy atom. The molecule has 2 fully saturated rings. The summed E-state index contributed by atoms with van der Waals surface area (Å²) in [6.45, 7) is 6.16. The molecule has 0 aliphatic carbocycles. The fraction of sp³-hybridized carbons (Fsp3) is 0.400. The standard InChI is InChI=1S/C35H40N4O8Si/c1-23-33(48(2,3)46)30(20-32(42)36(16-17-40)21-24-8-5-4-6-9-24)47-35(23)28-19-27(39(44)45)12-13-29(28)38(34(35)43)22-25-10-7-11-26(18-25)37-15-14-31(37)41/h4-13,18-19,23,30,33,40,46H,14-17,20-22H2,1-3H3/t23-,30+,33-,35+/m1/s1. The van der Waals surface area contributed by atoms with Gasteiger partial charge in [-0.2, -0.15) is 0 Å². The zero-order valence-corrected chi connectivity index (χ0v) is 28.2. The van der Waals surface area contributed by atoms with Gasteiger partial charge in [0.25, 0.3) is 11.6 Å². The lowest BCUT2D eigenvalue weighted by Gasteiger charge is -2.33. The molecule has 0 saturated carbocycles. The highest BCUT2D eigenvalue weighted by atomic mass is 28.4. The van der Waals surface area contributed by atoms with Crippen LogP contribution in [0.25, 0.3) is 0 Å². The molecule has 1 spiro atoms. The predicted molar refractivity (Wildman–Crippen MR) is 180 cm³/mol. The minimum Gasteiger partial charge on any atom is -0.432 e. The Balaban J connectivity index is 1.37. The van der Waals surface area contributed by atoms with E-state index in [-0.39, 0.29) is 50.2 Å². The summed E-state index contributed by atoms with van der Waals surface area (Å²) >= 11 is 0. The maximum absolute atomic E-state index is 14.8. The Kier molecular flexibility index (Phi) is 8.98. The molecule has 0 bridgehead atoms. The Morgan fingerprint density at radius 3 is 2.44 bits per heavy atom.